The highest BCUT2D eigenvalue weighted by Crippen LogP contribution is 1.98. The van der Waals surface area contributed by atoms with E-state index in [0.717, 1.165) is 13.0 Å². The fourth-order valence-electron chi connectivity index (χ4n) is 3.54. The number of carbonyl (C=O) groups excluding carboxylic acids is 1. The monoisotopic (exact) mass is 686 g/mol. The third-order valence-electron chi connectivity index (χ3n) is 5.99. The predicted molar refractivity (Wildman–Crippen MR) is 175 cm³/mol. The van der Waals surface area contributed by atoms with Gasteiger partial charge in [0.2, 0.25) is 0 Å². The van der Waals surface area contributed by atoms with Crippen molar-refractivity contribution in [2.24, 2.45) is 0 Å². The van der Waals surface area contributed by atoms with Gasteiger partial charge in [-0.15, -0.1) is 0 Å². The number of unbranched alkanes of at least 4 members (excludes halogenated alkanes) is 3. The highest BCUT2D eigenvalue weighted by Gasteiger charge is 2.01. The first kappa shape index (κ1) is 46.0. The summed E-state index contributed by atoms with van der Waals surface area (Å²) in [7, 11) is 0. The summed E-state index contributed by atoms with van der Waals surface area (Å²) < 4.78 is 70.3. The van der Waals surface area contributed by atoms with Crippen LogP contribution in [-0.2, 0) is 66.4 Å². The van der Waals surface area contributed by atoms with Gasteiger partial charge in [-0.05, 0) is 13.3 Å². The van der Waals surface area contributed by atoms with E-state index in [1.807, 2.05) is 0 Å². The van der Waals surface area contributed by atoms with Crippen molar-refractivity contribution in [1.29, 1.82) is 0 Å². The van der Waals surface area contributed by atoms with Crippen molar-refractivity contribution >= 4 is 5.97 Å². The molecule has 0 unspecified atom stereocenters. The minimum absolute atomic E-state index is 0.250. The van der Waals surface area contributed by atoms with E-state index < -0.39 is 0 Å². The van der Waals surface area contributed by atoms with Gasteiger partial charge in [0, 0.05) is 6.61 Å². The molecule has 0 rings (SSSR count). The Labute approximate surface area is 283 Å². The molecule has 0 heterocycles. The number of rotatable bonds is 42. The quantitative estimate of drug-likeness (QED) is 0.0687. The van der Waals surface area contributed by atoms with E-state index in [0.29, 0.717) is 159 Å². The first-order valence-corrected chi connectivity index (χ1v) is 17.4. The van der Waals surface area contributed by atoms with Crippen LogP contribution in [0.5, 0.6) is 0 Å². The molecule has 47 heavy (non-hydrogen) atoms. The van der Waals surface area contributed by atoms with Crippen molar-refractivity contribution < 1.29 is 66.4 Å². The summed E-state index contributed by atoms with van der Waals surface area (Å²) in [5, 5.41) is 0. The van der Waals surface area contributed by atoms with Crippen LogP contribution in [0, 0.1) is 0 Å². The Morgan fingerprint density at radius 1 is 0.319 bits per heavy atom. The molecule has 0 aromatic carbocycles. The van der Waals surface area contributed by atoms with Gasteiger partial charge in [0.15, 0.2) is 0 Å². The molecular formula is C33H66O14. The third-order valence-corrected chi connectivity index (χ3v) is 5.99. The number of ether oxygens (including phenoxy) is 13. The van der Waals surface area contributed by atoms with Crippen molar-refractivity contribution in [2.45, 2.75) is 46.0 Å². The molecule has 14 nitrogen and oxygen atoms in total. The van der Waals surface area contributed by atoms with Crippen molar-refractivity contribution in [2.75, 3.05) is 165 Å². The van der Waals surface area contributed by atoms with Crippen molar-refractivity contribution in [3.63, 3.8) is 0 Å². The molecule has 0 N–H and O–H groups in total. The summed E-state index contributed by atoms with van der Waals surface area (Å²) in [4.78, 5) is 11.2. The van der Waals surface area contributed by atoms with Gasteiger partial charge in [0.1, 0.15) is 0 Å². The molecule has 0 atom stereocenters. The van der Waals surface area contributed by atoms with Crippen LogP contribution in [0.4, 0.5) is 0 Å². The predicted octanol–water partition coefficient (Wildman–Crippen LogP) is 2.72. The number of hydrogen-bond acceptors (Lipinski definition) is 14. The summed E-state index contributed by atoms with van der Waals surface area (Å²) >= 11 is 0. The van der Waals surface area contributed by atoms with Crippen LogP contribution < -0.4 is 0 Å². The van der Waals surface area contributed by atoms with Crippen molar-refractivity contribution in [3.05, 3.63) is 0 Å². The Bertz CT molecular complexity index is 588. The van der Waals surface area contributed by atoms with E-state index >= 15 is 0 Å². The largest absolute Gasteiger partial charge is 0.466 e. The fourth-order valence-corrected chi connectivity index (χ4v) is 3.54. The molecule has 0 saturated carbocycles. The van der Waals surface area contributed by atoms with Crippen LogP contribution in [0.25, 0.3) is 0 Å². The molecular weight excluding hydrogens is 620 g/mol. The Morgan fingerprint density at radius 2 is 0.574 bits per heavy atom. The molecule has 0 aliphatic rings. The van der Waals surface area contributed by atoms with Crippen molar-refractivity contribution in [1.82, 2.24) is 0 Å². The standard InChI is InChI=1S/C33H66O14/c1-3-5-6-7-9-35-11-13-37-15-17-39-19-21-41-23-25-43-27-29-45-31-32-46-30-28-44-26-24-42-22-20-40-18-16-38-14-12-36-10-8-33(34)47-4-2/h3-32H2,1-2H3. The van der Waals surface area contributed by atoms with E-state index in [9.17, 15) is 4.79 Å². The Balaban J connectivity index is 3.05. The van der Waals surface area contributed by atoms with E-state index in [1.165, 1.54) is 19.3 Å². The van der Waals surface area contributed by atoms with Crippen LogP contribution in [0.3, 0.4) is 0 Å². The average Bonchev–Trinajstić information content (AvgIpc) is 3.07. The normalized spacial score (nSPS) is 11.4. The lowest BCUT2D eigenvalue weighted by Gasteiger charge is -2.09. The zero-order valence-electron chi connectivity index (χ0n) is 29.4. The molecule has 0 aliphatic carbocycles. The molecule has 0 aromatic heterocycles. The summed E-state index contributed by atoms with van der Waals surface area (Å²) in [6, 6.07) is 0. The molecule has 0 spiro atoms. The van der Waals surface area contributed by atoms with E-state index in [1.54, 1.807) is 6.92 Å². The molecule has 0 bridgehead atoms. The molecule has 0 aromatic rings. The van der Waals surface area contributed by atoms with Crippen LogP contribution >= 0.6 is 0 Å². The van der Waals surface area contributed by atoms with Crippen LogP contribution in [0.15, 0.2) is 0 Å². The highest BCUT2D eigenvalue weighted by molar-refractivity contribution is 5.69. The average molecular weight is 687 g/mol. The van der Waals surface area contributed by atoms with Gasteiger partial charge in [0.05, 0.1) is 165 Å². The van der Waals surface area contributed by atoms with Gasteiger partial charge in [-0.1, -0.05) is 26.2 Å². The molecule has 0 amide bonds. The summed E-state index contributed by atoms with van der Waals surface area (Å²) in [6.45, 7) is 16.8. The second-order valence-electron chi connectivity index (χ2n) is 9.96. The van der Waals surface area contributed by atoms with Crippen LogP contribution in [0.2, 0.25) is 0 Å². The number of carbonyl (C=O) groups is 1. The number of hydrogen-bond donors (Lipinski definition) is 0. The van der Waals surface area contributed by atoms with E-state index in [-0.39, 0.29) is 12.4 Å². The minimum Gasteiger partial charge on any atom is -0.466 e. The Hall–Kier alpha value is -1.01. The van der Waals surface area contributed by atoms with Crippen LogP contribution in [0.1, 0.15) is 46.0 Å². The molecule has 0 saturated heterocycles. The zero-order valence-corrected chi connectivity index (χ0v) is 29.4. The Morgan fingerprint density at radius 3 is 0.830 bits per heavy atom. The van der Waals surface area contributed by atoms with E-state index in [2.05, 4.69) is 6.92 Å². The molecule has 0 fully saturated rings. The third kappa shape index (κ3) is 43.0. The van der Waals surface area contributed by atoms with Gasteiger partial charge in [0.25, 0.3) is 0 Å². The zero-order chi connectivity index (χ0) is 34.0. The summed E-state index contributed by atoms with van der Waals surface area (Å²) in [5.41, 5.74) is 0. The maximum absolute atomic E-state index is 11.2. The summed E-state index contributed by atoms with van der Waals surface area (Å²) in [6.07, 6.45) is 5.14. The molecule has 14 heteroatoms. The summed E-state index contributed by atoms with van der Waals surface area (Å²) in [5.74, 6) is -0.250. The van der Waals surface area contributed by atoms with Gasteiger partial charge in [-0.3, -0.25) is 4.79 Å². The number of esters is 1. The lowest BCUT2D eigenvalue weighted by molar-refractivity contribution is -0.144. The maximum atomic E-state index is 11.2. The highest BCUT2D eigenvalue weighted by atomic mass is 16.6. The second kappa shape index (κ2) is 43.0. The van der Waals surface area contributed by atoms with Gasteiger partial charge < -0.3 is 61.6 Å². The van der Waals surface area contributed by atoms with E-state index in [4.69, 9.17) is 61.6 Å². The molecule has 282 valence electrons. The maximum Gasteiger partial charge on any atom is 0.308 e. The molecule has 0 radical (unpaired) electrons. The van der Waals surface area contributed by atoms with Crippen molar-refractivity contribution in [3.8, 4) is 0 Å². The lowest BCUT2D eigenvalue weighted by atomic mass is 10.2. The van der Waals surface area contributed by atoms with Crippen LogP contribution in [-0.4, -0.2) is 171 Å². The van der Waals surface area contributed by atoms with Gasteiger partial charge in [-0.25, -0.2) is 0 Å². The Kier molecular flexibility index (Phi) is 42.1. The fraction of sp³-hybridized carbons (Fsp3) is 0.970. The van der Waals surface area contributed by atoms with Gasteiger partial charge >= 0.3 is 5.97 Å². The van der Waals surface area contributed by atoms with Gasteiger partial charge in [-0.2, -0.15) is 0 Å². The minimum atomic E-state index is -0.250. The SMILES string of the molecule is CCCCCCOCCOCCOCCOCCOCCOCCOCCOCCOCCOCCOCCOCCC(=O)OCC. The first-order chi connectivity index (χ1) is 23.3. The lowest BCUT2D eigenvalue weighted by Crippen LogP contribution is -2.15. The topological polar surface area (TPSA) is 137 Å². The molecule has 0 aliphatic heterocycles. The second-order valence-corrected chi connectivity index (χ2v) is 9.96. The smallest absolute Gasteiger partial charge is 0.308 e. The first-order valence-electron chi connectivity index (χ1n) is 17.4.